The summed E-state index contributed by atoms with van der Waals surface area (Å²) in [5.41, 5.74) is 4.55. The molecule has 4 rings (SSSR count). The Morgan fingerprint density at radius 3 is 2.90 bits per heavy atom. The molecule has 2 aliphatic heterocycles. The maximum atomic E-state index is 13.1. The summed E-state index contributed by atoms with van der Waals surface area (Å²) < 4.78 is 11.0. The van der Waals surface area contributed by atoms with E-state index in [1.54, 1.807) is 25.4 Å². The second-order valence-corrected chi connectivity index (χ2v) is 7.66. The lowest BCUT2D eigenvalue weighted by atomic mass is 10.00. The first-order chi connectivity index (χ1) is 14.5. The number of aromatic amines is 1. The number of aromatic nitrogens is 2. The molecule has 158 valence electrons. The summed E-state index contributed by atoms with van der Waals surface area (Å²) in [4.78, 5) is 32.9. The van der Waals surface area contributed by atoms with Gasteiger partial charge in [-0.15, -0.1) is 0 Å². The van der Waals surface area contributed by atoms with Crippen molar-refractivity contribution in [1.29, 1.82) is 0 Å². The number of piperidine rings is 1. The smallest absolute Gasteiger partial charge is 0.347 e. The van der Waals surface area contributed by atoms with E-state index in [9.17, 15) is 9.59 Å². The molecule has 8 nitrogen and oxygen atoms in total. The Bertz CT molecular complexity index is 1030. The number of ketones is 1. The van der Waals surface area contributed by atoms with E-state index >= 15 is 0 Å². The number of pyridine rings is 1. The minimum atomic E-state index is -0.689. The third kappa shape index (κ3) is 3.70. The summed E-state index contributed by atoms with van der Waals surface area (Å²) >= 11 is 0. The molecule has 1 saturated heterocycles. The minimum Gasteiger partial charge on any atom is -0.462 e. The Kier molecular flexibility index (Phi) is 5.59. The van der Waals surface area contributed by atoms with E-state index < -0.39 is 11.8 Å². The molecule has 2 aromatic heterocycles. The van der Waals surface area contributed by atoms with Gasteiger partial charge in [-0.2, -0.15) is 0 Å². The summed E-state index contributed by atoms with van der Waals surface area (Å²) in [6, 6.07) is 4.22. The zero-order chi connectivity index (χ0) is 21.3. The van der Waals surface area contributed by atoms with Crippen molar-refractivity contribution in [2.24, 2.45) is 0 Å². The van der Waals surface area contributed by atoms with Gasteiger partial charge in [-0.1, -0.05) is 6.42 Å². The number of hydrogen-bond acceptors (Lipinski definition) is 7. The van der Waals surface area contributed by atoms with Crippen LogP contribution in [0, 0.1) is 0 Å². The zero-order valence-corrected chi connectivity index (χ0v) is 17.4. The van der Waals surface area contributed by atoms with E-state index in [1.165, 1.54) is 0 Å². The highest BCUT2D eigenvalue weighted by Crippen LogP contribution is 2.30. The molecule has 0 aromatic carbocycles. The lowest BCUT2D eigenvalue weighted by Crippen LogP contribution is -2.51. The first kappa shape index (κ1) is 20.2. The molecule has 30 heavy (non-hydrogen) atoms. The number of hydrazine groups is 1. The minimum absolute atomic E-state index is 0.0719. The van der Waals surface area contributed by atoms with Gasteiger partial charge in [0.2, 0.25) is 11.7 Å². The van der Waals surface area contributed by atoms with Crippen LogP contribution in [0.15, 0.2) is 41.7 Å². The molecule has 2 atom stereocenters. The Labute approximate surface area is 174 Å². The van der Waals surface area contributed by atoms with Crippen LogP contribution in [0.4, 0.5) is 0 Å². The molecular weight excluding hydrogens is 384 g/mol. The van der Waals surface area contributed by atoms with Crippen LogP contribution >= 0.6 is 0 Å². The number of rotatable bonds is 5. The van der Waals surface area contributed by atoms with Crippen LogP contribution in [0.2, 0.25) is 0 Å². The molecule has 4 heterocycles. The summed E-state index contributed by atoms with van der Waals surface area (Å²) in [5, 5.41) is 2.91. The Morgan fingerprint density at radius 2 is 2.17 bits per heavy atom. The number of esters is 1. The van der Waals surface area contributed by atoms with Crippen LogP contribution in [0.5, 0.6) is 0 Å². The molecule has 1 fully saturated rings. The molecule has 0 aliphatic carbocycles. The van der Waals surface area contributed by atoms with Gasteiger partial charge < -0.3 is 14.5 Å². The SMILES string of the molecule is CCOC(=O)C1=C(NN2C(C)CCCC2C)O/C(=C\c2c[nH]c3ncccc23)C1=O. The number of carbonyl (C=O) groups excluding carboxylic acids is 2. The molecule has 8 heteroatoms. The quantitative estimate of drug-likeness (QED) is 0.444. The average Bonchev–Trinajstić information content (AvgIpc) is 3.26. The van der Waals surface area contributed by atoms with Gasteiger partial charge in [-0.25, -0.2) is 14.8 Å². The average molecular weight is 410 g/mol. The fourth-order valence-electron chi connectivity index (χ4n) is 3.99. The maximum absolute atomic E-state index is 13.1. The lowest BCUT2D eigenvalue weighted by molar-refractivity contribution is -0.139. The van der Waals surface area contributed by atoms with E-state index in [-0.39, 0.29) is 35.9 Å². The molecule has 2 unspecified atom stereocenters. The Hall–Kier alpha value is -3.13. The van der Waals surface area contributed by atoms with Gasteiger partial charge in [-0.3, -0.25) is 10.2 Å². The van der Waals surface area contributed by atoms with Crippen LogP contribution in [-0.2, 0) is 19.1 Å². The van der Waals surface area contributed by atoms with E-state index in [0.29, 0.717) is 5.65 Å². The Morgan fingerprint density at radius 1 is 1.40 bits per heavy atom. The number of hydrogen-bond donors (Lipinski definition) is 2. The van der Waals surface area contributed by atoms with Gasteiger partial charge in [0.05, 0.1) is 6.61 Å². The second kappa shape index (κ2) is 8.31. The zero-order valence-electron chi connectivity index (χ0n) is 17.4. The van der Waals surface area contributed by atoms with Crippen LogP contribution in [0.25, 0.3) is 17.1 Å². The number of nitrogens with zero attached hydrogens (tertiary/aromatic N) is 2. The van der Waals surface area contributed by atoms with Crippen molar-refractivity contribution in [2.75, 3.05) is 6.61 Å². The van der Waals surface area contributed by atoms with Gasteiger partial charge in [-0.05, 0) is 51.8 Å². The van der Waals surface area contributed by atoms with E-state index in [2.05, 4.69) is 29.2 Å². The van der Waals surface area contributed by atoms with Gasteiger partial charge in [0.25, 0.3) is 0 Å². The highest BCUT2D eigenvalue weighted by molar-refractivity contribution is 6.26. The van der Waals surface area contributed by atoms with Crippen molar-refractivity contribution < 1.29 is 19.1 Å². The number of carbonyl (C=O) groups is 2. The van der Waals surface area contributed by atoms with Gasteiger partial charge in [0, 0.05) is 35.4 Å². The van der Waals surface area contributed by atoms with E-state index in [1.807, 2.05) is 17.1 Å². The van der Waals surface area contributed by atoms with Crippen LogP contribution in [0.1, 0.15) is 45.6 Å². The maximum Gasteiger partial charge on any atom is 0.347 e. The van der Waals surface area contributed by atoms with Gasteiger partial charge >= 0.3 is 5.97 Å². The predicted octanol–water partition coefficient (Wildman–Crippen LogP) is 3.05. The number of ether oxygens (including phenoxy) is 2. The molecule has 2 aliphatic rings. The van der Waals surface area contributed by atoms with Crippen molar-refractivity contribution in [3.05, 3.63) is 47.3 Å². The largest absolute Gasteiger partial charge is 0.462 e. The van der Waals surface area contributed by atoms with Gasteiger partial charge in [0.15, 0.2) is 11.3 Å². The number of nitrogens with one attached hydrogen (secondary N) is 2. The van der Waals surface area contributed by atoms with Crippen molar-refractivity contribution in [1.82, 2.24) is 20.4 Å². The number of allylic oxidation sites excluding steroid dienone is 1. The molecular formula is C22H26N4O4. The van der Waals surface area contributed by atoms with Crippen LogP contribution < -0.4 is 5.43 Å². The lowest BCUT2D eigenvalue weighted by Gasteiger charge is -2.39. The van der Waals surface area contributed by atoms with E-state index in [4.69, 9.17) is 9.47 Å². The highest BCUT2D eigenvalue weighted by Gasteiger charge is 2.39. The summed E-state index contributed by atoms with van der Waals surface area (Å²) in [5.74, 6) is -0.983. The molecule has 2 aromatic rings. The molecule has 0 amide bonds. The highest BCUT2D eigenvalue weighted by atomic mass is 16.5. The fourth-order valence-corrected chi connectivity index (χ4v) is 3.99. The molecule has 0 bridgehead atoms. The first-order valence-corrected chi connectivity index (χ1v) is 10.3. The Balaban J connectivity index is 1.67. The normalized spacial score (nSPS) is 23.8. The second-order valence-electron chi connectivity index (χ2n) is 7.66. The molecule has 0 spiro atoms. The number of H-pyrrole nitrogens is 1. The van der Waals surface area contributed by atoms with Crippen molar-refractivity contribution in [2.45, 2.75) is 52.1 Å². The van der Waals surface area contributed by atoms with Crippen molar-refractivity contribution in [3.8, 4) is 0 Å². The first-order valence-electron chi connectivity index (χ1n) is 10.3. The molecule has 0 radical (unpaired) electrons. The summed E-state index contributed by atoms with van der Waals surface area (Å²) in [6.45, 7) is 6.10. The van der Waals surface area contributed by atoms with Gasteiger partial charge in [0.1, 0.15) is 5.65 Å². The number of fused-ring (bicyclic) bond motifs is 1. The monoisotopic (exact) mass is 410 g/mol. The topological polar surface area (TPSA) is 96.6 Å². The number of Topliss-reactive ketones (excluding diaryl/α,β-unsaturated/α-hetero) is 1. The van der Waals surface area contributed by atoms with Crippen LogP contribution in [0.3, 0.4) is 0 Å². The van der Waals surface area contributed by atoms with Crippen molar-refractivity contribution >= 4 is 28.9 Å². The summed E-state index contributed by atoms with van der Waals surface area (Å²) in [6.07, 6.45) is 8.27. The standard InChI is InChI=1S/C22H26N4O4/c1-4-29-22(28)18-19(27)17(11-15-12-24-20-16(15)9-6-10-23-20)30-21(18)25-26-13(2)7-5-8-14(26)3/h6,9-14,25H,4-5,7-8H2,1-3H3,(H,23,24)/b17-11-. The van der Waals surface area contributed by atoms with Crippen LogP contribution in [-0.4, -0.2) is 45.4 Å². The predicted molar refractivity (Wildman–Crippen MR) is 112 cm³/mol. The third-order valence-corrected chi connectivity index (χ3v) is 5.56. The van der Waals surface area contributed by atoms with Crippen molar-refractivity contribution in [3.63, 3.8) is 0 Å². The third-order valence-electron chi connectivity index (χ3n) is 5.56. The molecule has 2 N–H and O–H groups in total. The summed E-state index contributed by atoms with van der Waals surface area (Å²) in [7, 11) is 0. The van der Waals surface area contributed by atoms with E-state index in [0.717, 1.165) is 30.2 Å². The molecule has 0 saturated carbocycles. The fraction of sp³-hybridized carbons (Fsp3) is 0.409.